The summed E-state index contributed by atoms with van der Waals surface area (Å²) >= 11 is 0. The third-order valence-electron chi connectivity index (χ3n) is 3.24. The van der Waals surface area contributed by atoms with E-state index in [-0.39, 0.29) is 6.04 Å². The van der Waals surface area contributed by atoms with Crippen molar-refractivity contribution in [1.82, 2.24) is 15.3 Å². The molecular weight excluding hydrogens is 272 g/mol. The first-order valence-electron chi connectivity index (χ1n) is 7.06. The lowest BCUT2D eigenvalue weighted by atomic mass is 10.0. The van der Waals surface area contributed by atoms with Gasteiger partial charge in [0.1, 0.15) is 11.6 Å². The summed E-state index contributed by atoms with van der Waals surface area (Å²) in [4.78, 5) is 8.58. The molecule has 21 heavy (non-hydrogen) atoms. The molecule has 0 radical (unpaired) electrons. The fourth-order valence-corrected chi connectivity index (χ4v) is 2.09. The fourth-order valence-electron chi connectivity index (χ4n) is 2.09. The summed E-state index contributed by atoms with van der Waals surface area (Å²) in [6.45, 7) is 4.72. The number of benzene rings is 1. The number of hydrogen-bond acceptors (Lipinski definition) is 3. The molecule has 1 aromatic carbocycles. The molecule has 0 aliphatic carbocycles. The van der Waals surface area contributed by atoms with Gasteiger partial charge in [-0.15, -0.1) is 0 Å². The van der Waals surface area contributed by atoms with Crippen LogP contribution in [-0.4, -0.2) is 16.5 Å². The van der Waals surface area contributed by atoms with Crippen molar-refractivity contribution in [2.75, 3.05) is 6.54 Å². The van der Waals surface area contributed by atoms with Crippen molar-refractivity contribution in [3.63, 3.8) is 0 Å². The number of hydrogen-bond donors (Lipinski definition) is 1. The Bertz CT molecular complexity index is 585. The first-order chi connectivity index (χ1) is 10.1. The lowest BCUT2D eigenvalue weighted by Gasteiger charge is -2.18. The second kappa shape index (κ2) is 7.22. The van der Waals surface area contributed by atoms with Gasteiger partial charge in [-0.25, -0.2) is 8.78 Å². The number of nitrogens with one attached hydrogen (secondary N) is 1. The Balaban J connectivity index is 2.21. The number of nitrogens with zero attached hydrogens (tertiary/aromatic N) is 2. The molecule has 2 rings (SSSR count). The first kappa shape index (κ1) is 15.5. The second-order valence-electron chi connectivity index (χ2n) is 5.03. The fraction of sp³-hybridized carbons (Fsp3) is 0.375. The van der Waals surface area contributed by atoms with E-state index in [1.165, 1.54) is 12.1 Å². The number of aryl methyl sites for hydroxylation is 1. The van der Waals surface area contributed by atoms with Crippen LogP contribution >= 0.6 is 0 Å². The Hall–Kier alpha value is -1.88. The molecule has 3 nitrogen and oxygen atoms in total. The van der Waals surface area contributed by atoms with Crippen LogP contribution in [0, 0.1) is 18.6 Å². The Labute approximate surface area is 123 Å². The SMILES string of the molecule is CCCNC(Cc1ccc(F)cc1F)c1cnc(C)cn1. The van der Waals surface area contributed by atoms with Crippen molar-refractivity contribution in [2.45, 2.75) is 32.7 Å². The maximum atomic E-state index is 13.8. The van der Waals surface area contributed by atoms with Crippen LogP contribution in [0.25, 0.3) is 0 Å². The van der Waals surface area contributed by atoms with E-state index in [9.17, 15) is 8.78 Å². The maximum absolute atomic E-state index is 13.8. The minimum absolute atomic E-state index is 0.141. The van der Waals surface area contributed by atoms with Gasteiger partial charge in [0.25, 0.3) is 0 Å². The smallest absolute Gasteiger partial charge is 0.129 e. The molecule has 0 amide bonds. The Morgan fingerprint density at radius 2 is 2.00 bits per heavy atom. The van der Waals surface area contributed by atoms with E-state index < -0.39 is 11.6 Å². The second-order valence-corrected chi connectivity index (χ2v) is 5.03. The average molecular weight is 291 g/mol. The van der Waals surface area contributed by atoms with Gasteiger partial charge in [0, 0.05) is 12.3 Å². The van der Waals surface area contributed by atoms with Gasteiger partial charge in [0.2, 0.25) is 0 Å². The first-order valence-corrected chi connectivity index (χ1v) is 7.06. The highest BCUT2D eigenvalue weighted by molar-refractivity contribution is 5.21. The third kappa shape index (κ3) is 4.29. The molecule has 1 atom stereocenters. The van der Waals surface area contributed by atoms with Gasteiger partial charge >= 0.3 is 0 Å². The molecule has 5 heteroatoms. The van der Waals surface area contributed by atoms with E-state index in [2.05, 4.69) is 22.2 Å². The maximum Gasteiger partial charge on any atom is 0.129 e. The van der Waals surface area contributed by atoms with E-state index >= 15 is 0 Å². The molecule has 1 unspecified atom stereocenters. The van der Waals surface area contributed by atoms with Crippen LogP contribution in [0.4, 0.5) is 8.78 Å². The van der Waals surface area contributed by atoms with Gasteiger partial charge in [-0.3, -0.25) is 9.97 Å². The van der Waals surface area contributed by atoms with E-state index in [4.69, 9.17) is 0 Å². The van der Waals surface area contributed by atoms with Crippen molar-refractivity contribution in [3.8, 4) is 0 Å². The predicted octanol–water partition coefficient (Wildman–Crippen LogP) is 3.35. The highest BCUT2D eigenvalue weighted by Crippen LogP contribution is 2.19. The molecule has 0 saturated heterocycles. The summed E-state index contributed by atoms with van der Waals surface area (Å²) in [6.07, 6.45) is 4.76. The lowest BCUT2D eigenvalue weighted by Crippen LogP contribution is -2.25. The highest BCUT2D eigenvalue weighted by atomic mass is 19.1. The number of halogens is 2. The summed E-state index contributed by atoms with van der Waals surface area (Å²) < 4.78 is 26.8. The molecule has 0 saturated carbocycles. The van der Waals surface area contributed by atoms with Gasteiger partial charge in [0.15, 0.2) is 0 Å². The van der Waals surface area contributed by atoms with Crippen LogP contribution in [0.15, 0.2) is 30.6 Å². The predicted molar refractivity (Wildman–Crippen MR) is 77.9 cm³/mol. The quantitative estimate of drug-likeness (QED) is 0.887. The zero-order valence-electron chi connectivity index (χ0n) is 12.2. The summed E-state index contributed by atoms with van der Waals surface area (Å²) in [5.74, 6) is -1.09. The zero-order chi connectivity index (χ0) is 15.2. The summed E-state index contributed by atoms with van der Waals surface area (Å²) in [5.41, 5.74) is 2.06. The lowest BCUT2D eigenvalue weighted by molar-refractivity contribution is 0.498. The Kier molecular flexibility index (Phi) is 5.33. The Morgan fingerprint density at radius 3 is 2.62 bits per heavy atom. The van der Waals surface area contributed by atoms with Crippen molar-refractivity contribution >= 4 is 0 Å². The van der Waals surface area contributed by atoms with Crippen molar-refractivity contribution in [3.05, 3.63) is 59.2 Å². The molecule has 0 bridgehead atoms. The summed E-state index contributed by atoms with van der Waals surface area (Å²) in [7, 11) is 0. The van der Waals surface area contributed by atoms with Gasteiger partial charge in [-0.2, -0.15) is 0 Å². The monoisotopic (exact) mass is 291 g/mol. The summed E-state index contributed by atoms with van der Waals surface area (Å²) in [5, 5.41) is 3.33. The molecule has 2 aromatic rings. The van der Waals surface area contributed by atoms with Gasteiger partial charge < -0.3 is 5.32 Å². The van der Waals surface area contributed by atoms with Crippen molar-refractivity contribution < 1.29 is 8.78 Å². The van der Waals surface area contributed by atoms with Crippen molar-refractivity contribution in [1.29, 1.82) is 0 Å². The molecule has 0 aliphatic rings. The molecule has 1 N–H and O–H groups in total. The molecule has 112 valence electrons. The van der Waals surface area contributed by atoms with Crippen LogP contribution in [0.2, 0.25) is 0 Å². The highest BCUT2D eigenvalue weighted by Gasteiger charge is 2.16. The van der Waals surface area contributed by atoms with Crippen LogP contribution in [0.1, 0.15) is 36.3 Å². The zero-order valence-corrected chi connectivity index (χ0v) is 12.2. The molecule has 0 aliphatic heterocycles. The number of rotatable bonds is 6. The van der Waals surface area contributed by atoms with Crippen LogP contribution in [-0.2, 0) is 6.42 Å². The molecular formula is C16H19F2N3. The largest absolute Gasteiger partial charge is 0.308 e. The van der Waals surface area contributed by atoms with Crippen LogP contribution < -0.4 is 5.32 Å². The minimum atomic E-state index is -0.565. The molecule has 1 aromatic heterocycles. The topological polar surface area (TPSA) is 37.8 Å². The minimum Gasteiger partial charge on any atom is -0.308 e. The van der Waals surface area contributed by atoms with E-state index in [1.807, 2.05) is 6.92 Å². The average Bonchev–Trinajstić information content (AvgIpc) is 2.46. The van der Waals surface area contributed by atoms with Crippen LogP contribution in [0.5, 0.6) is 0 Å². The van der Waals surface area contributed by atoms with E-state index in [0.29, 0.717) is 12.0 Å². The van der Waals surface area contributed by atoms with Gasteiger partial charge in [-0.1, -0.05) is 13.0 Å². The number of aromatic nitrogens is 2. The Morgan fingerprint density at radius 1 is 1.19 bits per heavy atom. The van der Waals surface area contributed by atoms with Gasteiger partial charge in [0.05, 0.1) is 23.6 Å². The van der Waals surface area contributed by atoms with Crippen LogP contribution in [0.3, 0.4) is 0 Å². The normalized spacial score (nSPS) is 12.4. The summed E-state index contributed by atoms with van der Waals surface area (Å²) in [6, 6.07) is 3.52. The van der Waals surface area contributed by atoms with E-state index in [1.54, 1.807) is 12.4 Å². The molecule has 0 spiro atoms. The van der Waals surface area contributed by atoms with Gasteiger partial charge in [-0.05, 0) is 37.9 Å². The van der Waals surface area contributed by atoms with Crippen molar-refractivity contribution in [2.24, 2.45) is 0 Å². The third-order valence-corrected chi connectivity index (χ3v) is 3.24. The standard InChI is InChI=1S/C16H19F2N3/c1-3-6-19-15(16-10-20-11(2)9-21-16)7-12-4-5-13(17)8-14(12)18/h4-5,8-10,15,19H,3,6-7H2,1-2H3. The van der Waals surface area contributed by atoms with E-state index in [0.717, 1.165) is 30.4 Å². The molecule has 1 heterocycles. The molecule has 0 fully saturated rings.